The third-order valence-electron chi connectivity index (χ3n) is 9.52. The summed E-state index contributed by atoms with van der Waals surface area (Å²) in [6.07, 6.45) is -11.0. The molecule has 0 unspecified atom stereocenters. The molecular weight excluding hydrogens is 636 g/mol. The highest BCUT2D eigenvalue weighted by molar-refractivity contribution is 6.74. The fourth-order valence-electron chi connectivity index (χ4n) is 5.52. The number of nitrogens with two attached hydrogens (primary N) is 1. The van der Waals surface area contributed by atoms with Crippen LogP contribution in [0.3, 0.4) is 0 Å². The van der Waals surface area contributed by atoms with Gasteiger partial charge in [-0.3, -0.25) is 14.6 Å². The Hall–Kier alpha value is -3.17. The summed E-state index contributed by atoms with van der Waals surface area (Å²) in [5.74, 6) is -5.66. The topological polar surface area (TPSA) is 113 Å². The van der Waals surface area contributed by atoms with Crippen LogP contribution in [0.4, 0.5) is 32.0 Å². The van der Waals surface area contributed by atoms with Crippen molar-refractivity contribution in [2.75, 3.05) is 5.32 Å². The zero-order valence-electron chi connectivity index (χ0n) is 26.6. The SMILES string of the molecule is C[C@H]1[C@@H](c2cccc(C(F)(F)F)c2OC2CC(O[Si](C)(C)C(C)(C)C)C2)[C@H](C(=O)Nc2ccnc(C(N)=O)c2)O[C@@]1(C)C(F)(F)F. The average molecular weight is 676 g/mol. The molecule has 2 aliphatic rings. The van der Waals surface area contributed by atoms with Crippen molar-refractivity contribution in [3.8, 4) is 5.75 Å². The second-order valence-corrected chi connectivity index (χ2v) is 18.4. The Labute approximate surface area is 264 Å². The highest BCUT2D eigenvalue weighted by Gasteiger charge is 2.66. The molecule has 0 spiro atoms. The van der Waals surface area contributed by atoms with Crippen molar-refractivity contribution >= 4 is 25.8 Å². The van der Waals surface area contributed by atoms with E-state index in [1.54, 1.807) is 0 Å². The van der Waals surface area contributed by atoms with Crippen LogP contribution in [0.25, 0.3) is 0 Å². The Kier molecular flexibility index (Phi) is 9.40. The van der Waals surface area contributed by atoms with Gasteiger partial charge in [-0.1, -0.05) is 39.8 Å². The molecule has 1 saturated heterocycles. The van der Waals surface area contributed by atoms with Gasteiger partial charge in [0.1, 0.15) is 23.7 Å². The minimum atomic E-state index is -4.99. The molecule has 2 aromatic rings. The maximum atomic E-state index is 14.5. The minimum absolute atomic E-state index is 0.0211. The minimum Gasteiger partial charge on any atom is -0.489 e. The molecule has 4 rings (SSSR count). The van der Waals surface area contributed by atoms with Gasteiger partial charge in [0.2, 0.25) is 0 Å². The summed E-state index contributed by atoms with van der Waals surface area (Å²) in [6.45, 7) is 12.3. The molecule has 46 heavy (non-hydrogen) atoms. The number of carbonyl (C=O) groups is 2. The first-order valence-electron chi connectivity index (χ1n) is 14.8. The smallest absolute Gasteiger partial charge is 0.419 e. The first-order valence-corrected chi connectivity index (χ1v) is 17.7. The van der Waals surface area contributed by atoms with E-state index < -0.39 is 73.4 Å². The summed E-state index contributed by atoms with van der Waals surface area (Å²) in [6, 6.07) is 5.49. The van der Waals surface area contributed by atoms with E-state index in [1.807, 2.05) is 0 Å². The number of rotatable bonds is 8. The molecule has 2 fully saturated rings. The number of alkyl halides is 6. The van der Waals surface area contributed by atoms with Crippen molar-refractivity contribution in [1.82, 2.24) is 4.98 Å². The Morgan fingerprint density at radius 2 is 1.70 bits per heavy atom. The number of hydrogen-bond acceptors (Lipinski definition) is 6. The number of primary amides is 1. The lowest BCUT2D eigenvalue weighted by Gasteiger charge is -2.45. The first kappa shape index (κ1) is 35.7. The largest absolute Gasteiger partial charge is 0.489 e. The second kappa shape index (κ2) is 12.1. The van der Waals surface area contributed by atoms with Crippen LogP contribution in [0.5, 0.6) is 5.75 Å². The summed E-state index contributed by atoms with van der Waals surface area (Å²) < 4.78 is 104. The van der Waals surface area contributed by atoms with E-state index in [0.717, 1.165) is 31.3 Å². The van der Waals surface area contributed by atoms with E-state index in [-0.39, 0.29) is 28.1 Å². The molecule has 2 heterocycles. The molecule has 1 saturated carbocycles. The van der Waals surface area contributed by atoms with E-state index in [2.05, 4.69) is 44.2 Å². The number of halogens is 6. The molecule has 1 aliphatic carbocycles. The summed E-state index contributed by atoms with van der Waals surface area (Å²) in [5.41, 5.74) is 0.679. The number of ether oxygens (including phenoxy) is 2. The van der Waals surface area contributed by atoms with E-state index in [0.29, 0.717) is 12.8 Å². The first-order chi connectivity index (χ1) is 21.0. The number of hydrogen-bond donors (Lipinski definition) is 2. The van der Waals surface area contributed by atoms with Crippen LogP contribution in [0.1, 0.15) is 75.0 Å². The molecule has 1 aromatic carbocycles. The van der Waals surface area contributed by atoms with Crippen molar-refractivity contribution in [2.24, 2.45) is 11.7 Å². The standard InChI is InChI=1S/C31H39F6N3O5Si/c1-16-23(25(44-29(16,5)31(35,36)37)27(42)40-17-11-12-39-22(13-17)26(38)41)20-9-8-10-21(30(32,33)34)24(20)43-18-14-19(15-18)45-46(6,7)28(2,3)4/h8-13,16,18-19,23,25H,14-15H2,1-7H3,(H2,38,41)(H,39,40,42)/t16-,18?,19?,23-,25+,29+/m0/s1. The summed E-state index contributed by atoms with van der Waals surface area (Å²) >= 11 is 0. The zero-order chi connectivity index (χ0) is 34.6. The maximum Gasteiger partial charge on any atom is 0.419 e. The number of amides is 2. The Bertz CT molecular complexity index is 1470. The molecule has 8 nitrogen and oxygen atoms in total. The molecular formula is C31H39F6N3O5Si. The highest BCUT2D eigenvalue weighted by atomic mass is 28.4. The number of carbonyl (C=O) groups excluding carboxylic acids is 2. The van der Waals surface area contributed by atoms with Crippen molar-refractivity contribution in [2.45, 2.75) is 108 Å². The Morgan fingerprint density at radius 3 is 2.24 bits per heavy atom. The van der Waals surface area contributed by atoms with Crippen molar-refractivity contribution in [3.05, 3.63) is 53.3 Å². The van der Waals surface area contributed by atoms with Gasteiger partial charge in [-0.25, -0.2) is 0 Å². The fourth-order valence-corrected chi connectivity index (χ4v) is 6.90. The van der Waals surface area contributed by atoms with E-state index in [4.69, 9.17) is 19.6 Å². The third-order valence-corrected chi connectivity index (χ3v) is 14.1. The quantitative estimate of drug-likeness (QED) is 0.226. The van der Waals surface area contributed by atoms with Crippen LogP contribution in [-0.2, 0) is 20.1 Å². The lowest BCUT2D eigenvalue weighted by atomic mass is 9.76. The van der Waals surface area contributed by atoms with Crippen LogP contribution >= 0.6 is 0 Å². The average Bonchev–Trinajstić information content (AvgIpc) is 3.17. The van der Waals surface area contributed by atoms with Crippen LogP contribution in [-0.4, -0.2) is 55.2 Å². The normalized spacial score (nSPS) is 27.2. The maximum absolute atomic E-state index is 14.5. The number of aromatic nitrogens is 1. The van der Waals surface area contributed by atoms with E-state index in [1.165, 1.54) is 19.1 Å². The number of nitrogens with zero attached hydrogens (tertiary/aromatic N) is 1. The molecule has 4 atom stereocenters. The van der Waals surface area contributed by atoms with Crippen LogP contribution < -0.4 is 15.8 Å². The molecule has 3 N–H and O–H groups in total. The predicted octanol–water partition coefficient (Wildman–Crippen LogP) is 7.21. The van der Waals surface area contributed by atoms with Gasteiger partial charge in [0.25, 0.3) is 11.8 Å². The molecule has 254 valence electrons. The Morgan fingerprint density at radius 1 is 1.07 bits per heavy atom. The van der Waals surface area contributed by atoms with Gasteiger partial charge in [0, 0.05) is 42.1 Å². The monoisotopic (exact) mass is 675 g/mol. The second-order valence-electron chi connectivity index (χ2n) is 13.7. The number of benzene rings is 1. The van der Waals surface area contributed by atoms with Gasteiger partial charge in [-0.15, -0.1) is 0 Å². The third kappa shape index (κ3) is 6.91. The van der Waals surface area contributed by atoms with Crippen molar-refractivity contribution < 1.29 is 49.8 Å². The lowest BCUT2D eigenvalue weighted by molar-refractivity contribution is -0.272. The van der Waals surface area contributed by atoms with Gasteiger partial charge < -0.3 is 25.0 Å². The summed E-state index contributed by atoms with van der Waals surface area (Å²) in [7, 11) is -2.17. The molecule has 15 heteroatoms. The molecule has 0 bridgehead atoms. The number of anilines is 1. The van der Waals surface area contributed by atoms with Gasteiger partial charge in [-0.2, -0.15) is 26.3 Å². The van der Waals surface area contributed by atoms with E-state index in [9.17, 15) is 35.9 Å². The molecule has 1 aromatic heterocycles. The van der Waals surface area contributed by atoms with Crippen LogP contribution in [0.15, 0.2) is 36.5 Å². The van der Waals surface area contributed by atoms with Gasteiger partial charge in [-0.05, 0) is 43.3 Å². The van der Waals surface area contributed by atoms with Gasteiger partial charge >= 0.3 is 12.4 Å². The van der Waals surface area contributed by atoms with Gasteiger partial charge in [0.05, 0.1) is 11.7 Å². The summed E-state index contributed by atoms with van der Waals surface area (Å²) in [5, 5.41) is 2.31. The molecule has 2 amide bonds. The van der Waals surface area contributed by atoms with Crippen molar-refractivity contribution in [3.63, 3.8) is 0 Å². The number of nitrogens with one attached hydrogen (secondary N) is 1. The van der Waals surface area contributed by atoms with Crippen molar-refractivity contribution in [1.29, 1.82) is 0 Å². The summed E-state index contributed by atoms with van der Waals surface area (Å²) in [4.78, 5) is 28.9. The fraction of sp³-hybridized carbons (Fsp3) is 0.581. The molecule has 1 aliphatic heterocycles. The zero-order valence-corrected chi connectivity index (χ0v) is 27.6. The number of pyridine rings is 1. The predicted molar refractivity (Wildman–Crippen MR) is 160 cm³/mol. The molecule has 0 radical (unpaired) electrons. The highest BCUT2D eigenvalue weighted by Crippen LogP contribution is 2.56. The Balaban J connectivity index is 1.72. The number of para-hydroxylation sites is 1. The van der Waals surface area contributed by atoms with E-state index >= 15 is 0 Å². The van der Waals surface area contributed by atoms with Gasteiger partial charge in [0.15, 0.2) is 13.9 Å². The van der Waals surface area contributed by atoms with Crippen LogP contribution in [0, 0.1) is 5.92 Å². The lowest BCUT2D eigenvalue weighted by Crippen LogP contribution is -2.50. The van der Waals surface area contributed by atoms with Crippen LogP contribution in [0.2, 0.25) is 18.1 Å².